The highest BCUT2D eigenvalue weighted by Gasteiger charge is 2.16. The highest BCUT2D eigenvalue weighted by atomic mass is 15.0. The van der Waals surface area contributed by atoms with Gasteiger partial charge in [-0.3, -0.25) is 4.98 Å². The van der Waals surface area contributed by atoms with Crippen LogP contribution in [0, 0.1) is 11.3 Å². The fourth-order valence-electron chi connectivity index (χ4n) is 5.63. The van der Waals surface area contributed by atoms with Gasteiger partial charge >= 0.3 is 0 Å². The quantitative estimate of drug-likeness (QED) is 0.274. The summed E-state index contributed by atoms with van der Waals surface area (Å²) in [6.45, 7) is 0.602. The molecule has 0 aliphatic heterocycles. The molecule has 36 heavy (non-hydrogen) atoms. The van der Waals surface area contributed by atoms with E-state index in [0.29, 0.717) is 12.1 Å². The molecule has 0 aliphatic carbocycles. The number of fused-ring (bicyclic) bond motifs is 6. The summed E-state index contributed by atoms with van der Waals surface area (Å²) in [5.41, 5.74) is 8.71. The molecule has 0 fully saturated rings. The van der Waals surface area contributed by atoms with Crippen molar-refractivity contribution in [2.45, 2.75) is 6.54 Å². The molecule has 4 heteroatoms. The third kappa shape index (κ3) is 2.97. The van der Waals surface area contributed by atoms with E-state index in [2.05, 4.69) is 112 Å². The van der Waals surface area contributed by atoms with Crippen LogP contribution in [0.15, 0.2) is 103 Å². The number of hydrogen-bond donors (Lipinski definition) is 0. The van der Waals surface area contributed by atoms with Gasteiger partial charge in [0.1, 0.15) is 0 Å². The second kappa shape index (κ2) is 7.83. The first kappa shape index (κ1) is 20.5. The molecule has 0 unspecified atom stereocenters. The van der Waals surface area contributed by atoms with E-state index >= 15 is 0 Å². The number of nitriles is 1. The summed E-state index contributed by atoms with van der Waals surface area (Å²) in [4.78, 5) is 4.55. The minimum absolute atomic E-state index is 0.602. The summed E-state index contributed by atoms with van der Waals surface area (Å²) in [6, 6.07) is 36.3. The maximum atomic E-state index is 9.35. The Labute approximate surface area is 208 Å². The Morgan fingerprint density at radius 2 is 1.47 bits per heavy atom. The molecule has 0 bridgehead atoms. The van der Waals surface area contributed by atoms with E-state index in [-0.39, 0.29) is 0 Å². The van der Waals surface area contributed by atoms with Crippen LogP contribution in [-0.4, -0.2) is 14.1 Å². The van der Waals surface area contributed by atoms with E-state index in [9.17, 15) is 5.26 Å². The maximum Gasteiger partial charge on any atom is 0.0992 e. The first-order chi connectivity index (χ1) is 17.7. The van der Waals surface area contributed by atoms with Gasteiger partial charge in [-0.05, 0) is 47.5 Å². The van der Waals surface area contributed by atoms with Crippen LogP contribution in [0.2, 0.25) is 0 Å². The summed E-state index contributed by atoms with van der Waals surface area (Å²) in [5, 5.41) is 14.4. The SMILES string of the molecule is Cn1c2ccccc2c2ccc(-c3cccc4c3c3ccccc3n4Cc3cc(C#N)ccn3)cc21. The lowest BCUT2D eigenvalue weighted by Gasteiger charge is -2.09. The van der Waals surface area contributed by atoms with Crippen molar-refractivity contribution >= 4 is 43.6 Å². The molecule has 4 nitrogen and oxygen atoms in total. The van der Waals surface area contributed by atoms with E-state index in [1.165, 1.54) is 43.7 Å². The molecule has 7 aromatic rings. The van der Waals surface area contributed by atoms with Gasteiger partial charge in [0.15, 0.2) is 0 Å². The van der Waals surface area contributed by atoms with Gasteiger partial charge in [-0.15, -0.1) is 0 Å². The van der Waals surface area contributed by atoms with E-state index < -0.39 is 0 Å². The zero-order valence-corrected chi connectivity index (χ0v) is 19.8. The van der Waals surface area contributed by atoms with E-state index in [1.807, 2.05) is 6.07 Å². The summed E-state index contributed by atoms with van der Waals surface area (Å²) < 4.78 is 4.60. The van der Waals surface area contributed by atoms with Gasteiger partial charge in [-0.2, -0.15) is 5.26 Å². The zero-order valence-electron chi connectivity index (χ0n) is 19.8. The van der Waals surface area contributed by atoms with Crippen LogP contribution in [0.25, 0.3) is 54.7 Å². The van der Waals surface area contributed by atoms with Crippen molar-refractivity contribution in [1.29, 1.82) is 5.26 Å². The third-order valence-electron chi connectivity index (χ3n) is 7.29. The van der Waals surface area contributed by atoms with Crippen LogP contribution in [0.5, 0.6) is 0 Å². The van der Waals surface area contributed by atoms with Gasteiger partial charge in [-0.25, -0.2) is 0 Å². The number of pyridine rings is 1. The summed E-state index contributed by atoms with van der Waals surface area (Å²) in [5.74, 6) is 0. The molecule has 0 radical (unpaired) electrons. The highest BCUT2D eigenvalue weighted by Crippen LogP contribution is 2.39. The van der Waals surface area contributed by atoms with Gasteiger partial charge < -0.3 is 9.13 Å². The van der Waals surface area contributed by atoms with Crippen molar-refractivity contribution in [2.24, 2.45) is 7.05 Å². The Balaban J connectivity index is 1.48. The standard InChI is InChI=1S/C32H22N4/c1-35-28-10-4-2-7-25(28)26-14-13-22(18-31(26)35)24-9-6-12-30-32(24)27-8-3-5-11-29(27)36(30)20-23-17-21(19-33)15-16-34-23/h2-18H,20H2,1H3. The average Bonchev–Trinajstić information content (AvgIpc) is 3.41. The number of hydrogen-bond acceptors (Lipinski definition) is 2. The van der Waals surface area contributed by atoms with Crippen LogP contribution >= 0.6 is 0 Å². The molecule has 0 atom stereocenters. The largest absolute Gasteiger partial charge is 0.344 e. The molecule has 4 aromatic carbocycles. The zero-order chi connectivity index (χ0) is 24.2. The molecule has 0 aliphatic rings. The Morgan fingerprint density at radius 3 is 2.33 bits per heavy atom. The van der Waals surface area contributed by atoms with Crippen molar-refractivity contribution < 1.29 is 0 Å². The predicted octanol–water partition coefficient (Wildman–Crippen LogP) is 7.42. The van der Waals surface area contributed by atoms with Gasteiger partial charge in [-0.1, -0.05) is 60.7 Å². The molecule has 0 amide bonds. The monoisotopic (exact) mass is 462 g/mol. The number of aryl methyl sites for hydroxylation is 1. The lowest BCUT2D eigenvalue weighted by molar-refractivity contribution is 0.834. The molecule has 3 heterocycles. The molecule has 0 spiro atoms. The second-order valence-corrected chi connectivity index (χ2v) is 9.26. The van der Waals surface area contributed by atoms with Crippen LogP contribution in [0.1, 0.15) is 11.3 Å². The van der Waals surface area contributed by atoms with Crippen molar-refractivity contribution in [3.05, 3.63) is 115 Å². The fraction of sp³-hybridized carbons (Fsp3) is 0.0625. The summed E-state index contributed by atoms with van der Waals surface area (Å²) >= 11 is 0. The fourth-order valence-corrected chi connectivity index (χ4v) is 5.63. The molecular formula is C32H22N4. The van der Waals surface area contributed by atoms with Gasteiger partial charge in [0.2, 0.25) is 0 Å². The van der Waals surface area contributed by atoms with Crippen molar-refractivity contribution in [3.8, 4) is 17.2 Å². The molecule has 170 valence electrons. The minimum Gasteiger partial charge on any atom is -0.344 e. The number of para-hydroxylation sites is 2. The first-order valence-corrected chi connectivity index (χ1v) is 12.1. The molecule has 0 saturated heterocycles. The van der Waals surface area contributed by atoms with Gasteiger partial charge in [0, 0.05) is 51.3 Å². The van der Waals surface area contributed by atoms with Crippen LogP contribution in [0.3, 0.4) is 0 Å². The van der Waals surface area contributed by atoms with Crippen LogP contribution in [-0.2, 0) is 13.6 Å². The number of aromatic nitrogens is 3. The summed E-state index contributed by atoms with van der Waals surface area (Å²) in [6.07, 6.45) is 1.71. The van der Waals surface area contributed by atoms with Crippen LogP contribution in [0.4, 0.5) is 0 Å². The van der Waals surface area contributed by atoms with Gasteiger partial charge in [0.05, 0.1) is 29.4 Å². The molecular weight excluding hydrogens is 440 g/mol. The topological polar surface area (TPSA) is 46.5 Å². The van der Waals surface area contributed by atoms with E-state index in [1.54, 1.807) is 12.3 Å². The molecule has 0 saturated carbocycles. The van der Waals surface area contributed by atoms with Crippen molar-refractivity contribution in [1.82, 2.24) is 14.1 Å². The number of nitrogens with zero attached hydrogens (tertiary/aromatic N) is 4. The Hall–Kier alpha value is -4.88. The predicted molar refractivity (Wildman–Crippen MR) is 147 cm³/mol. The second-order valence-electron chi connectivity index (χ2n) is 9.26. The molecule has 3 aromatic heterocycles. The summed E-state index contributed by atoms with van der Waals surface area (Å²) in [7, 11) is 2.14. The van der Waals surface area contributed by atoms with Crippen molar-refractivity contribution in [2.75, 3.05) is 0 Å². The highest BCUT2D eigenvalue weighted by molar-refractivity contribution is 6.16. The lowest BCUT2D eigenvalue weighted by Crippen LogP contribution is -2.01. The first-order valence-electron chi connectivity index (χ1n) is 12.1. The average molecular weight is 463 g/mol. The maximum absolute atomic E-state index is 9.35. The van der Waals surface area contributed by atoms with E-state index in [4.69, 9.17) is 0 Å². The minimum atomic E-state index is 0.602. The Kier molecular flexibility index (Phi) is 4.46. The number of benzene rings is 4. The smallest absolute Gasteiger partial charge is 0.0992 e. The normalized spacial score (nSPS) is 11.6. The molecule has 0 N–H and O–H groups in total. The van der Waals surface area contributed by atoms with Crippen LogP contribution < -0.4 is 0 Å². The molecule has 7 rings (SSSR count). The lowest BCUT2D eigenvalue weighted by atomic mass is 9.98. The Morgan fingerprint density at radius 1 is 0.722 bits per heavy atom. The third-order valence-corrected chi connectivity index (χ3v) is 7.29. The van der Waals surface area contributed by atoms with Gasteiger partial charge in [0.25, 0.3) is 0 Å². The Bertz CT molecular complexity index is 2000. The van der Waals surface area contributed by atoms with E-state index in [0.717, 1.165) is 16.7 Å². The number of rotatable bonds is 3. The van der Waals surface area contributed by atoms with Crippen molar-refractivity contribution in [3.63, 3.8) is 0 Å².